The second-order valence-corrected chi connectivity index (χ2v) is 10.4. The summed E-state index contributed by atoms with van der Waals surface area (Å²) in [5, 5.41) is 5.67. The van der Waals surface area contributed by atoms with Crippen LogP contribution in [-0.4, -0.2) is 48.0 Å². The van der Waals surface area contributed by atoms with Gasteiger partial charge >= 0.3 is 12.2 Å². The number of ether oxygens (including phenoxy) is 2. The fraction of sp³-hybridized carbons (Fsp3) is 0.346. The third-order valence-corrected chi connectivity index (χ3v) is 6.00. The first-order valence-electron chi connectivity index (χ1n) is 11.4. The molecular weight excluding hydrogens is 505 g/mol. The van der Waals surface area contributed by atoms with Crippen molar-refractivity contribution in [2.75, 3.05) is 25.0 Å². The third-order valence-electron chi connectivity index (χ3n) is 5.56. The molecule has 36 heavy (non-hydrogen) atoms. The molecule has 0 atom stereocenters. The number of hydrogen-bond acceptors (Lipinski definition) is 6. The summed E-state index contributed by atoms with van der Waals surface area (Å²) in [6, 6.07) is 10.6. The fourth-order valence-electron chi connectivity index (χ4n) is 3.81. The standard InChI is InChI=1S/C26H27Cl2N3O5/c1-26(2,3)35-25(33)31-9-7-17(8-10-31)18-5-6-22-21(13-18)23(29-36-22)30(4)24(32)34-15-16-11-19(27)14-20(28)12-16/h5-7,11-14H,8-10,15H2,1-4H3. The summed E-state index contributed by atoms with van der Waals surface area (Å²) in [5.74, 6) is 0.341. The lowest BCUT2D eigenvalue weighted by atomic mass is 9.98. The number of carbonyl (C=O) groups is 2. The van der Waals surface area contributed by atoms with Gasteiger partial charge in [-0.1, -0.05) is 40.5 Å². The van der Waals surface area contributed by atoms with E-state index >= 15 is 0 Å². The zero-order valence-corrected chi connectivity index (χ0v) is 22.0. The largest absolute Gasteiger partial charge is 0.444 e. The van der Waals surface area contributed by atoms with Gasteiger partial charge in [0.05, 0.1) is 5.39 Å². The molecule has 0 radical (unpaired) electrons. The molecule has 2 aromatic carbocycles. The SMILES string of the molecule is CN(C(=O)OCc1cc(Cl)cc(Cl)c1)c1noc2ccc(C3=CCN(C(=O)OC(C)(C)C)CC3)cc12. The number of fused-ring (bicyclic) bond motifs is 1. The van der Waals surface area contributed by atoms with Crippen LogP contribution in [0.5, 0.6) is 0 Å². The van der Waals surface area contributed by atoms with Crippen molar-refractivity contribution >= 4 is 57.7 Å². The van der Waals surface area contributed by atoms with E-state index in [1.807, 2.05) is 45.0 Å². The highest BCUT2D eigenvalue weighted by atomic mass is 35.5. The van der Waals surface area contributed by atoms with E-state index < -0.39 is 11.7 Å². The quantitative estimate of drug-likeness (QED) is 0.362. The zero-order valence-electron chi connectivity index (χ0n) is 20.5. The van der Waals surface area contributed by atoms with Gasteiger partial charge in [-0.05, 0) is 74.2 Å². The molecule has 0 bridgehead atoms. The molecule has 0 spiro atoms. The van der Waals surface area contributed by atoms with Crippen LogP contribution < -0.4 is 4.90 Å². The first-order chi connectivity index (χ1) is 17.0. The minimum absolute atomic E-state index is 0.00548. The van der Waals surface area contributed by atoms with Crippen LogP contribution in [0, 0.1) is 0 Å². The number of rotatable bonds is 4. The van der Waals surface area contributed by atoms with E-state index in [1.165, 1.54) is 4.90 Å². The molecule has 190 valence electrons. The van der Waals surface area contributed by atoms with Crippen LogP contribution in [0.2, 0.25) is 10.0 Å². The Morgan fingerprint density at radius 3 is 2.50 bits per heavy atom. The highest BCUT2D eigenvalue weighted by Gasteiger charge is 2.25. The van der Waals surface area contributed by atoms with Gasteiger partial charge < -0.3 is 18.9 Å². The Bertz CT molecular complexity index is 1310. The maximum atomic E-state index is 12.7. The predicted octanol–water partition coefficient (Wildman–Crippen LogP) is 6.93. The fourth-order valence-corrected chi connectivity index (χ4v) is 4.39. The number of hydrogen-bond donors (Lipinski definition) is 0. The lowest BCUT2D eigenvalue weighted by molar-refractivity contribution is 0.0270. The summed E-state index contributed by atoms with van der Waals surface area (Å²) in [7, 11) is 1.57. The number of halogens is 2. The molecule has 1 aliphatic heterocycles. The third kappa shape index (κ3) is 6.12. The summed E-state index contributed by atoms with van der Waals surface area (Å²) in [5.41, 5.74) is 2.73. The summed E-state index contributed by atoms with van der Waals surface area (Å²) >= 11 is 12.0. The molecule has 1 aromatic heterocycles. The van der Waals surface area contributed by atoms with Gasteiger partial charge in [0.2, 0.25) is 0 Å². The highest BCUT2D eigenvalue weighted by Crippen LogP contribution is 2.31. The van der Waals surface area contributed by atoms with Gasteiger partial charge in [-0.3, -0.25) is 4.90 Å². The normalized spacial score (nSPS) is 13.9. The van der Waals surface area contributed by atoms with Crippen LogP contribution in [0.3, 0.4) is 0 Å². The predicted molar refractivity (Wildman–Crippen MR) is 139 cm³/mol. The van der Waals surface area contributed by atoms with Gasteiger partial charge in [-0.15, -0.1) is 0 Å². The molecular formula is C26H27Cl2N3O5. The summed E-state index contributed by atoms with van der Waals surface area (Å²) in [6.07, 6.45) is 1.76. The van der Waals surface area contributed by atoms with Crippen LogP contribution in [0.25, 0.3) is 16.5 Å². The van der Waals surface area contributed by atoms with E-state index in [1.54, 1.807) is 30.1 Å². The molecule has 3 aromatic rings. The molecule has 0 saturated heterocycles. The summed E-state index contributed by atoms with van der Waals surface area (Å²) < 4.78 is 16.3. The monoisotopic (exact) mass is 531 g/mol. The van der Waals surface area contributed by atoms with Gasteiger partial charge in [-0.25, -0.2) is 9.59 Å². The van der Waals surface area contributed by atoms with Gasteiger partial charge in [0.1, 0.15) is 12.2 Å². The second kappa shape index (κ2) is 10.4. The number of anilines is 1. The summed E-state index contributed by atoms with van der Waals surface area (Å²) in [4.78, 5) is 28.0. The molecule has 10 heteroatoms. The second-order valence-electron chi connectivity index (χ2n) is 9.51. The lowest BCUT2D eigenvalue weighted by Crippen LogP contribution is -2.39. The van der Waals surface area contributed by atoms with Crippen molar-refractivity contribution in [1.29, 1.82) is 0 Å². The summed E-state index contributed by atoms with van der Waals surface area (Å²) in [6.45, 7) is 6.56. The number of amides is 2. The topological polar surface area (TPSA) is 85.1 Å². The van der Waals surface area contributed by atoms with Gasteiger partial charge in [0.15, 0.2) is 11.4 Å². The molecule has 0 aliphatic carbocycles. The number of nitrogens with zero attached hydrogens (tertiary/aromatic N) is 3. The van der Waals surface area contributed by atoms with Gasteiger partial charge in [0.25, 0.3) is 0 Å². The Morgan fingerprint density at radius 2 is 1.86 bits per heavy atom. The molecule has 0 unspecified atom stereocenters. The minimum atomic E-state index is -0.600. The van der Waals surface area contributed by atoms with Crippen LogP contribution in [0.4, 0.5) is 15.4 Å². The van der Waals surface area contributed by atoms with E-state index in [0.717, 1.165) is 11.1 Å². The van der Waals surface area contributed by atoms with E-state index in [4.69, 9.17) is 37.2 Å². The van der Waals surface area contributed by atoms with E-state index in [2.05, 4.69) is 5.16 Å². The van der Waals surface area contributed by atoms with E-state index in [-0.39, 0.29) is 12.7 Å². The Kier molecular flexibility index (Phi) is 7.47. The molecule has 8 nitrogen and oxygen atoms in total. The van der Waals surface area contributed by atoms with Crippen molar-refractivity contribution < 1.29 is 23.6 Å². The molecule has 4 rings (SSSR count). The number of carbonyl (C=O) groups excluding carboxylic acids is 2. The average Bonchev–Trinajstić information content (AvgIpc) is 3.23. The first-order valence-corrected chi connectivity index (χ1v) is 12.2. The average molecular weight is 532 g/mol. The van der Waals surface area contributed by atoms with Crippen LogP contribution in [0.1, 0.15) is 38.3 Å². The molecule has 2 amide bonds. The maximum absolute atomic E-state index is 12.7. The molecule has 0 N–H and O–H groups in total. The number of benzene rings is 2. The smallest absolute Gasteiger partial charge is 0.415 e. The van der Waals surface area contributed by atoms with Crippen LogP contribution >= 0.6 is 23.2 Å². The molecule has 0 fully saturated rings. The van der Waals surface area contributed by atoms with Crippen molar-refractivity contribution in [2.24, 2.45) is 0 Å². The Morgan fingerprint density at radius 1 is 1.14 bits per heavy atom. The Labute approximate surface area is 219 Å². The maximum Gasteiger partial charge on any atom is 0.415 e. The van der Waals surface area contributed by atoms with Crippen molar-refractivity contribution in [3.05, 3.63) is 63.6 Å². The highest BCUT2D eigenvalue weighted by molar-refractivity contribution is 6.34. The van der Waals surface area contributed by atoms with Gasteiger partial charge in [-0.2, -0.15) is 0 Å². The van der Waals surface area contributed by atoms with Crippen molar-refractivity contribution in [3.8, 4) is 0 Å². The molecule has 0 saturated carbocycles. The zero-order chi connectivity index (χ0) is 26.0. The lowest BCUT2D eigenvalue weighted by Gasteiger charge is -2.29. The minimum Gasteiger partial charge on any atom is -0.444 e. The Hall–Kier alpha value is -3.23. The van der Waals surface area contributed by atoms with Gasteiger partial charge in [0, 0.05) is 30.2 Å². The number of aromatic nitrogens is 1. The van der Waals surface area contributed by atoms with Crippen LogP contribution in [0.15, 0.2) is 47.0 Å². The first kappa shape index (κ1) is 25.9. The van der Waals surface area contributed by atoms with E-state index in [9.17, 15) is 9.59 Å². The molecule has 2 heterocycles. The van der Waals surface area contributed by atoms with Crippen molar-refractivity contribution in [1.82, 2.24) is 10.1 Å². The van der Waals surface area contributed by atoms with Crippen LogP contribution in [-0.2, 0) is 16.1 Å². The van der Waals surface area contributed by atoms with Crippen molar-refractivity contribution in [3.63, 3.8) is 0 Å². The Balaban J connectivity index is 1.47. The van der Waals surface area contributed by atoms with Crippen molar-refractivity contribution in [2.45, 2.75) is 39.4 Å². The molecule has 1 aliphatic rings. The van der Waals surface area contributed by atoms with E-state index in [0.29, 0.717) is 51.9 Å².